The van der Waals surface area contributed by atoms with Gasteiger partial charge in [-0.15, -0.1) is 4.55 Å². The first kappa shape index (κ1) is 9.61. The van der Waals surface area contributed by atoms with E-state index in [1.807, 2.05) is 0 Å². The van der Waals surface area contributed by atoms with Gasteiger partial charge in [0.05, 0.1) is 0 Å². The van der Waals surface area contributed by atoms with Gasteiger partial charge >= 0.3 is 19.3 Å². The molecule has 0 radical (unpaired) electrons. The summed E-state index contributed by atoms with van der Waals surface area (Å²) >= 11 is -0.214. The Kier molecular flexibility index (Phi) is 2.66. The van der Waals surface area contributed by atoms with Crippen molar-refractivity contribution in [2.24, 2.45) is 23.2 Å². The van der Waals surface area contributed by atoms with Crippen LogP contribution in [0.15, 0.2) is 0 Å². The van der Waals surface area contributed by atoms with Crippen molar-refractivity contribution < 1.29 is 0 Å². The first-order chi connectivity index (χ1) is 5.66. The zero-order valence-electron chi connectivity index (χ0n) is 8.15. The van der Waals surface area contributed by atoms with Gasteiger partial charge in [-0.1, -0.05) is 26.2 Å². The summed E-state index contributed by atoms with van der Waals surface area (Å²) < 4.78 is 1.39. The monoisotopic (exact) mass is 196 g/mol. The highest BCUT2D eigenvalue weighted by Gasteiger charge is 2.53. The number of rotatable bonds is 2. The molecule has 0 N–H and O–H groups in total. The van der Waals surface area contributed by atoms with Gasteiger partial charge in [0.1, 0.15) is 0 Å². The molecule has 2 heteroatoms. The second kappa shape index (κ2) is 3.32. The van der Waals surface area contributed by atoms with Crippen LogP contribution >= 0.6 is 9.07 Å². The molecule has 3 rings (SSSR count). The van der Waals surface area contributed by atoms with Crippen LogP contribution in [0.1, 0.15) is 33.1 Å². The summed E-state index contributed by atoms with van der Waals surface area (Å²) in [6.07, 6.45) is 4.49. The third-order valence-corrected chi connectivity index (χ3v) is 6.10. The summed E-state index contributed by atoms with van der Waals surface area (Å²) in [5.74, 6) is 3.09. The summed E-state index contributed by atoms with van der Waals surface area (Å²) in [6, 6.07) is 0. The topological polar surface area (TPSA) is 0 Å². The van der Waals surface area contributed by atoms with Crippen LogP contribution < -0.4 is 0 Å². The van der Waals surface area contributed by atoms with Gasteiger partial charge in [-0.25, -0.2) is 0 Å². The van der Waals surface area contributed by atoms with Crippen molar-refractivity contribution in [1.82, 2.24) is 0 Å². The molecule has 0 nitrogen and oxygen atoms in total. The minimum atomic E-state index is -0.214. The summed E-state index contributed by atoms with van der Waals surface area (Å²) in [6.45, 7) is 4.93. The van der Waals surface area contributed by atoms with E-state index in [0.717, 1.165) is 17.8 Å². The van der Waals surface area contributed by atoms with Gasteiger partial charge in [0, 0.05) is 0 Å². The molecular weight excluding hydrogens is 180 g/mol. The lowest BCUT2D eigenvalue weighted by atomic mass is 9.46. The average molecular weight is 197 g/mol. The lowest BCUT2D eigenvalue weighted by Gasteiger charge is -2.60. The minimum absolute atomic E-state index is 0.214. The van der Waals surface area contributed by atoms with E-state index in [9.17, 15) is 0 Å². The second-order valence-corrected chi connectivity index (χ2v) is 7.26. The van der Waals surface area contributed by atoms with Gasteiger partial charge < -0.3 is 9.07 Å². The summed E-state index contributed by atoms with van der Waals surface area (Å²) in [5.41, 5.74) is 0.670. The predicted octanol–water partition coefficient (Wildman–Crippen LogP) is 3.34. The van der Waals surface area contributed by atoms with Crippen LogP contribution in [0.5, 0.6) is 0 Å². The fourth-order valence-corrected chi connectivity index (χ4v) is 5.26. The molecule has 3 fully saturated rings. The Labute approximate surface area is 88.9 Å². The Morgan fingerprint density at radius 3 is 2.67 bits per heavy atom. The van der Waals surface area contributed by atoms with E-state index in [1.54, 1.807) is 0 Å². The van der Waals surface area contributed by atoms with Crippen LogP contribution in [-0.4, -0.2) is 19.3 Å². The summed E-state index contributed by atoms with van der Waals surface area (Å²) in [4.78, 5) is 0. The molecule has 66 valence electrons. The molecular formula is C10H17ClMg. The van der Waals surface area contributed by atoms with Gasteiger partial charge in [0.15, 0.2) is 0 Å². The lowest BCUT2D eigenvalue weighted by molar-refractivity contribution is -0.0986. The zero-order chi connectivity index (χ0) is 8.77. The Morgan fingerprint density at radius 1 is 1.42 bits per heavy atom. The molecule has 0 heterocycles. The first-order valence-corrected chi connectivity index (χ1v) is 8.36. The van der Waals surface area contributed by atoms with E-state index in [4.69, 9.17) is 9.07 Å². The Bertz CT molecular complexity index is 175. The molecule has 3 aliphatic rings. The normalized spacial score (nSPS) is 43.1. The molecule has 3 unspecified atom stereocenters. The quantitative estimate of drug-likeness (QED) is 0.595. The van der Waals surface area contributed by atoms with Crippen molar-refractivity contribution >= 4 is 28.3 Å². The lowest BCUT2D eigenvalue weighted by Crippen LogP contribution is -2.52. The molecule has 3 atom stereocenters. The highest BCUT2D eigenvalue weighted by molar-refractivity contribution is 6.93. The standard InChI is InChI=1S/C10H17.ClH.Mg/c1-7-4-5-8-6-9(7)10(8,2)3;;/h7-9H,1,4-6H2,2-3H3;1H;/q;;+1/p-1. The number of fused-ring (bicyclic) bond motifs is 2. The molecule has 0 aromatic heterocycles. The van der Waals surface area contributed by atoms with Gasteiger partial charge in [0.25, 0.3) is 0 Å². The number of halogens is 1. The molecule has 0 saturated heterocycles. The molecule has 12 heavy (non-hydrogen) atoms. The van der Waals surface area contributed by atoms with Crippen molar-refractivity contribution in [2.45, 2.75) is 37.7 Å². The summed E-state index contributed by atoms with van der Waals surface area (Å²) in [7, 11) is 5.95. The van der Waals surface area contributed by atoms with Gasteiger partial charge in [-0.05, 0) is 30.1 Å². The Morgan fingerprint density at radius 2 is 2.17 bits per heavy atom. The number of hydrogen-bond donors (Lipinski definition) is 0. The highest BCUT2D eigenvalue weighted by Crippen LogP contribution is 2.62. The Hall–Kier alpha value is 1.06. The van der Waals surface area contributed by atoms with Gasteiger partial charge in [-0.3, -0.25) is 0 Å². The third-order valence-electron chi connectivity index (χ3n) is 4.48. The van der Waals surface area contributed by atoms with Gasteiger partial charge in [0.2, 0.25) is 0 Å². The second-order valence-electron chi connectivity index (χ2n) is 5.18. The first-order valence-electron chi connectivity index (χ1n) is 5.22. The van der Waals surface area contributed by atoms with Gasteiger partial charge in [-0.2, -0.15) is 0 Å². The minimum Gasteiger partial charge on any atom is -0.346 e. The Balaban J connectivity index is 2.01. The predicted molar refractivity (Wildman–Crippen MR) is 54.5 cm³/mol. The SMILES string of the molecule is CC1(C)C2CCC([CH2][Mg][Cl])C1C2. The fraction of sp³-hybridized carbons (Fsp3) is 1.00. The van der Waals surface area contributed by atoms with Crippen molar-refractivity contribution in [3.63, 3.8) is 0 Å². The molecule has 0 aromatic rings. The van der Waals surface area contributed by atoms with E-state index in [-0.39, 0.29) is 19.3 Å². The van der Waals surface area contributed by atoms with Crippen molar-refractivity contribution in [1.29, 1.82) is 0 Å². The van der Waals surface area contributed by atoms with Crippen molar-refractivity contribution in [3.8, 4) is 0 Å². The largest absolute Gasteiger partial charge is 0.501 e. The average Bonchev–Trinajstić information content (AvgIpc) is 2.05. The number of hydrogen-bond acceptors (Lipinski definition) is 0. The van der Waals surface area contributed by atoms with Crippen LogP contribution in [0, 0.1) is 23.2 Å². The molecule has 3 aliphatic carbocycles. The van der Waals surface area contributed by atoms with Crippen molar-refractivity contribution in [2.75, 3.05) is 0 Å². The molecule has 3 saturated carbocycles. The van der Waals surface area contributed by atoms with Crippen LogP contribution in [0.3, 0.4) is 0 Å². The van der Waals surface area contributed by atoms with E-state index in [1.165, 1.54) is 23.8 Å². The summed E-state index contributed by atoms with van der Waals surface area (Å²) in [5, 5.41) is 0. The third kappa shape index (κ3) is 1.32. The van der Waals surface area contributed by atoms with E-state index < -0.39 is 0 Å². The molecule has 0 spiro atoms. The van der Waals surface area contributed by atoms with E-state index in [2.05, 4.69) is 13.8 Å². The maximum Gasteiger partial charge on any atom is 0.501 e. The van der Waals surface area contributed by atoms with Crippen LogP contribution in [0.4, 0.5) is 0 Å². The zero-order valence-corrected chi connectivity index (χ0v) is 10.3. The molecule has 0 aliphatic heterocycles. The van der Waals surface area contributed by atoms with Crippen LogP contribution in [0.25, 0.3) is 0 Å². The van der Waals surface area contributed by atoms with Crippen LogP contribution in [-0.2, 0) is 0 Å². The highest BCUT2D eigenvalue weighted by atomic mass is 35.5. The molecule has 2 bridgehead atoms. The molecule has 0 amide bonds. The van der Waals surface area contributed by atoms with E-state index in [0.29, 0.717) is 5.41 Å². The molecule has 0 aromatic carbocycles. The van der Waals surface area contributed by atoms with Crippen LogP contribution in [0.2, 0.25) is 4.55 Å². The van der Waals surface area contributed by atoms with Crippen molar-refractivity contribution in [3.05, 3.63) is 0 Å². The fourth-order valence-electron chi connectivity index (χ4n) is 3.45. The maximum absolute atomic E-state index is 5.95. The van der Waals surface area contributed by atoms with E-state index >= 15 is 0 Å². The maximum atomic E-state index is 5.95. The smallest absolute Gasteiger partial charge is 0.346 e.